The Labute approximate surface area is 142 Å². The van der Waals surface area contributed by atoms with Crippen LogP contribution >= 0.6 is 0 Å². The second-order valence-electron chi connectivity index (χ2n) is 6.46. The highest BCUT2D eigenvalue weighted by Crippen LogP contribution is 2.20. The number of hydrogen-bond donors (Lipinski definition) is 3. The van der Waals surface area contributed by atoms with Crippen molar-refractivity contribution < 1.29 is 9.90 Å². The molecule has 5 heteroatoms. The third-order valence-corrected chi connectivity index (χ3v) is 4.72. The minimum atomic E-state index is -0.435. The molecular formula is C19H25N3O2. The van der Waals surface area contributed by atoms with Crippen molar-refractivity contribution in [2.24, 2.45) is 5.92 Å². The molecule has 2 heterocycles. The fourth-order valence-electron chi connectivity index (χ4n) is 3.20. The minimum absolute atomic E-state index is 0.0399. The van der Waals surface area contributed by atoms with Crippen molar-refractivity contribution in [1.82, 2.24) is 15.2 Å². The van der Waals surface area contributed by atoms with Crippen molar-refractivity contribution in [3.05, 3.63) is 59.9 Å². The largest absolute Gasteiger partial charge is 0.387 e. The van der Waals surface area contributed by atoms with Crippen molar-refractivity contribution in [2.45, 2.75) is 18.9 Å². The van der Waals surface area contributed by atoms with Crippen LogP contribution in [-0.4, -0.2) is 47.1 Å². The van der Waals surface area contributed by atoms with Crippen LogP contribution in [0.4, 0.5) is 0 Å². The molecule has 128 valence electrons. The molecule has 0 saturated carbocycles. The van der Waals surface area contributed by atoms with Gasteiger partial charge < -0.3 is 20.3 Å². The average molecular weight is 327 g/mol. The Morgan fingerprint density at radius 3 is 2.62 bits per heavy atom. The summed E-state index contributed by atoms with van der Waals surface area (Å²) in [6.07, 6.45) is 3.42. The van der Waals surface area contributed by atoms with Gasteiger partial charge in [0.05, 0.1) is 6.10 Å². The third-order valence-electron chi connectivity index (χ3n) is 4.72. The lowest BCUT2D eigenvalue weighted by molar-refractivity contribution is 0.0850. The fraction of sp³-hybridized carbons (Fsp3) is 0.421. The zero-order valence-corrected chi connectivity index (χ0v) is 13.8. The maximum atomic E-state index is 11.9. The van der Waals surface area contributed by atoms with Gasteiger partial charge in [0.2, 0.25) is 0 Å². The van der Waals surface area contributed by atoms with E-state index in [1.165, 1.54) is 0 Å². The van der Waals surface area contributed by atoms with Gasteiger partial charge in [-0.25, -0.2) is 0 Å². The number of benzene rings is 1. The highest BCUT2D eigenvalue weighted by molar-refractivity contribution is 5.92. The standard InChI is InChI=1S/C19H25N3O2/c23-18(16-5-2-1-3-6-16)14-22-11-8-15(9-12-22)13-21-19(24)17-7-4-10-20-17/h1-7,10,15,18,20,23H,8-9,11-14H2,(H,21,24)/t18-/m1/s1. The summed E-state index contributed by atoms with van der Waals surface area (Å²) < 4.78 is 0. The van der Waals surface area contributed by atoms with Crippen LogP contribution in [0, 0.1) is 5.92 Å². The van der Waals surface area contributed by atoms with Crippen molar-refractivity contribution in [3.63, 3.8) is 0 Å². The number of carbonyl (C=O) groups excluding carboxylic acids is 1. The van der Waals surface area contributed by atoms with Crippen molar-refractivity contribution in [1.29, 1.82) is 0 Å². The Hall–Kier alpha value is -2.11. The predicted octanol–water partition coefficient (Wildman–Crippen LogP) is 2.19. The van der Waals surface area contributed by atoms with Crippen LogP contribution in [0.1, 0.15) is 35.0 Å². The van der Waals surface area contributed by atoms with Gasteiger partial charge in [0.1, 0.15) is 5.69 Å². The second kappa shape index (κ2) is 8.13. The summed E-state index contributed by atoms with van der Waals surface area (Å²) in [6, 6.07) is 13.4. The maximum Gasteiger partial charge on any atom is 0.267 e. The number of H-pyrrole nitrogens is 1. The molecule has 1 aromatic carbocycles. The Kier molecular flexibility index (Phi) is 5.67. The summed E-state index contributed by atoms with van der Waals surface area (Å²) in [7, 11) is 0. The van der Waals surface area contributed by atoms with Crippen LogP contribution in [0.15, 0.2) is 48.7 Å². The number of carbonyl (C=O) groups is 1. The van der Waals surface area contributed by atoms with Crippen molar-refractivity contribution in [2.75, 3.05) is 26.2 Å². The predicted molar refractivity (Wildman–Crippen MR) is 93.7 cm³/mol. The molecule has 1 amide bonds. The van der Waals surface area contributed by atoms with E-state index in [2.05, 4.69) is 15.2 Å². The van der Waals surface area contributed by atoms with Crippen LogP contribution in [0.25, 0.3) is 0 Å². The zero-order valence-electron chi connectivity index (χ0n) is 13.8. The molecule has 0 bridgehead atoms. The molecule has 0 aliphatic carbocycles. The van der Waals surface area contributed by atoms with Gasteiger partial charge in [-0.1, -0.05) is 30.3 Å². The molecule has 1 aliphatic rings. The summed E-state index contributed by atoms with van der Waals surface area (Å²) in [5.41, 5.74) is 1.58. The SMILES string of the molecule is O=C(NCC1CCN(C[C@@H](O)c2ccccc2)CC1)c1ccc[nH]1. The van der Waals surface area contributed by atoms with Crippen LogP contribution in [-0.2, 0) is 0 Å². The molecule has 0 radical (unpaired) electrons. The second-order valence-corrected chi connectivity index (χ2v) is 6.46. The van der Waals surface area contributed by atoms with E-state index in [1.54, 1.807) is 12.3 Å². The Morgan fingerprint density at radius 1 is 1.21 bits per heavy atom. The molecule has 1 fully saturated rings. The lowest BCUT2D eigenvalue weighted by Crippen LogP contribution is -2.40. The summed E-state index contributed by atoms with van der Waals surface area (Å²) in [5.74, 6) is 0.468. The zero-order chi connectivity index (χ0) is 16.8. The number of nitrogens with one attached hydrogen (secondary N) is 2. The topological polar surface area (TPSA) is 68.4 Å². The van der Waals surface area contributed by atoms with Crippen LogP contribution in [0.2, 0.25) is 0 Å². The highest BCUT2D eigenvalue weighted by atomic mass is 16.3. The van der Waals surface area contributed by atoms with Crippen LogP contribution < -0.4 is 5.32 Å². The summed E-state index contributed by atoms with van der Waals surface area (Å²) in [5, 5.41) is 13.3. The van der Waals surface area contributed by atoms with E-state index in [1.807, 2.05) is 36.4 Å². The van der Waals surface area contributed by atoms with E-state index in [0.717, 1.165) is 31.5 Å². The number of amides is 1. The number of aliphatic hydroxyl groups is 1. The summed E-state index contributed by atoms with van der Waals surface area (Å²) >= 11 is 0. The van der Waals surface area contributed by atoms with E-state index in [-0.39, 0.29) is 5.91 Å². The van der Waals surface area contributed by atoms with Gasteiger partial charge in [-0.3, -0.25) is 4.79 Å². The molecule has 5 nitrogen and oxygen atoms in total. The van der Waals surface area contributed by atoms with Gasteiger partial charge in [-0.2, -0.15) is 0 Å². The first kappa shape index (κ1) is 16.7. The quantitative estimate of drug-likeness (QED) is 0.762. The number of aromatic amines is 1. The number of rotatable bonds is 6. The molecule has 24 heavy (non-hydrogen) atoms. The summed E-state index contributed by atoms with van der Waals surface area (Å²) in [4.78, 5) is 17.2. The van der Waals surface area contributed by atoms with Crippen molar-refractivity contribution >= 4 is 5.91 Å². The van der Waals surface area contributed by atoms with Gasteiger partial charge in [-0.15, -0.1) is 0 Å². The maximum absolute atomic E-state index is 11.9. The molecule has 1 saturated heterocycles. The lowest BCUT2D eigenvalue weighted by Gasteiger charge is -2.33. The first-order valence-electron chi connectivity index (χ1n) is 8.59. The lowest BCUT2D eigenvalue weighted by atomic mass is 9.96. The number of aliphatic hydroxyl groups excluding tert-OH is 1. The Balaban J connectivity index is 1.39. The number of aromatic nitrogens is 1. The minimum Gasteiger partial charge on any atom is -0.387 e. The highest BCUT2D eigenvalue weighted by Gasteiger charge is 2.22. The number of nitrogens with zero attached hydrogens (tertiary/aromatic N) is 1. The fourth-order valence-corrected chi connectivity index (χ4v) is 3.20. The molecule has 1 atom stereocenters. The van der Waals surface area contributed by atoms with Gasteiger partial charge in [0.25, 0.3) is 5.91 Å². The van der Waals surface area contributed by atoms with E-state index in [4.69, 9.17) is 0 Å². The number of piperidine rings is 1. The van der Waals surface area contributed by atoms with Gasteiger partial charge in [-0.05, 0) is 49.5 Å². The van der Waals surface area contributed by atoms with Crippen LogP contribution in [0.5, 0.6) is 0 Å². The molecule has 3 N–H and O–H groups in total. The van der Waals surface area contributed by atoms with Crippen molar-refractivity contribution in [3.8, 4) is 0 Å². The monoisotopic (exact) mass is 327 g/mol. The van der Waals surface area contributed by atoms with Gasteiger partial charge >= 0.3 is 0 Å². The average Bonchev–Trinajstić information content (AvgIpc) is 3.16. The van der Waals surface area contributed by atoms with E-state index < -0.39 is 6.10 Å². The first-order chi connectivity index (χ1) is 11.7. The summed E-state index contributed by atoms with van der Waals surface area (Å²) in [6.45, 7) is 3.32. The third kappa shape index (κ3) is 4.46. The molecule has 1 aromatic heterocycles. The van der Waals surface area contributed by atoms with E-state index in [9.17, 15) is 9.90 Å². The molecule has 0 unspecified atom stereocenters. The molecular weight excluding hydrogens is 302 g/mol. The van der Waals surface area contributed by atoms with E-state index >= 15 is 0 Å². The molecule has 0 spiro atoms. The number of likely N-dealkylation sites (tertiary alicyclic amines) is 1. The Morgan fingerprint density at radius 2 is 1.96 bits per heavy atom. The molecule has 1 aliphatic heterocycles. The number of β-amino-alcohol motifs (C(OH)–C–C–N with tert-alkyl or cyclic N) is 1. The Bertz CT molecular complexity index is 619. The normalized spacial score (nSPS) is 17.5. The molecule has 2 aromatic rings. The smallest absolute Gasteiger partial charge is 0.267 e. The first-order valence-corrected chi connectivity index (χ1v) is 8.59. The van der Waals surface area contributed by atoms with Gasteiger partial charge in [0.15, 0.2) is 0 Å². The van der Waals surface area contributed by atoms with Crippen LogP contribution in [0.3, 0.4) is 0 Å². The van der Waals surface area contributed by atoms with Gasteiger partial charge in [0, 0.05) is 19.3 Å². The number of hydrogen-bond acceptors (Lipinski definition) is 3. The molecule has 3 rings (SSSR count). The van der Waals surface area contributed by atoms with E-state index in [0.29, 0.717) is 24.7 Å².